The van der Waals surface area contributed by atoms with Gasteiger partial charge in [-0.2, -0.15) is 4.31 Å². The largest absolute Gasteiger partial charge is 0.243 e. The molecule has 0 amide bonds. The molecule has 3 nitrogen and oxygen atoms in total. The van der Waals surface area contributed by atoms with Gasteiger partial charge in [-0.3, -0.25) is 0 Å². The normalized spacial score (nSPS) is 21.5. The van der Waals surface area contributed by atoms with Crippen LogP contribution in [0, 0.1) is 6.92 Å². The highest BCUT2D eigenvalue weighted by Gasteiger charge is 2.29. The lowest BCUT2D eigenvalue weighted by atomic mass is 10.2. The third-order valence-corrected chi connectivity index (χ3v) is 4.75. The standard InChI is InChI=1S/C12H15NO2S/c1-10-5-7-12(8-6-10)16(14,15)13-9-3-4-11(13)2/h3-8,11H,9H2,1-2H3/t11-/m1/s1. The van der Waals surface area contributed by atoms with Crippen molar-refractivity contribution in [2.75, 3.05) is 6.54 Å². The van der Waals surface area contributed by atoms with Crippen molar-refractivity contribution >= 4 is 10.0 Å². The SMILES string of the molecule is Cc1ccc(S(=O)(=O)N2CC=C[C@H]2C)cc1. The summed E-state index contributed by atoms with van der Waals surface area (Å²) in [5.41, 5.74) is 1.06. The molecule has 1 atom stereocenters. The first-order valence-corrected chi connectivity index (χ1v) is 6.71. The Kier molecular flexibility index (Phi) is 2.86. The van der Waals surface area contributed by atoms with Gasteiger partial charge in [-0.15, -0.1) is 0 Å². The average Bonchev–Trinajstić information content (AvgIpc) is 2.66. The molecule has 0 N–H and O–H groups in total. The second kappa shape index (κ2) is 4.03. The molecule has 0 saturated heterocycles. The third-order valence-electron chi connectivity index (χ3n) is 2.78. The van der Waals surface area contributed by atoms with Crippen molar-refractivity contribution in [3.63, 3.8) is 0 Å². The van der Waals surface area contributed by atoms with E-state index in [-0.39, 0.29) is 6.04 Å². The van der Waals surface area contributed by atoms with Gasteiger partial charge >= 0.3 is 0 Å². The summed E-state index contributed by atoms with van der Waals surface area (Å²) < 4.78 is 26.0. The average molecular weight is 237 g/mol. The first kappa shape index (κ1) is 11.4. The van der Waals surface area contributed by atoms with E-state index in [0.717, 1.165) is 5.56 Å². The fourth-order valence-corrected chi connectivity index (χ4v) is 3.33. The lowest BCUT2D eigenvalue weighted by Gasteiger charge is -2.20. The number of benzene rings is 1. The van der Waals surface area contributed by atoms with E-state index in [0.29, 0.717) is 11.4 Å². The Morgan fingerprint density at radius 3 is 2.38 bits per heavy atom. The van der Waals surface area contributed by atoms with Crippen molar-refractivity contribution in [3.8, 4) is 0 Å². The van der Waals surface area contributed by atoms with Crippen LogP contribution < -0.4 is 0 Å². The van der Waals surface area contributed by atoms with Crippen LogP contribution in [0.3, 0.4) is 0 Å². The van der Waals surface area contributed by atoms with Crippen LogP contribution in [0.15, 0.2) is 41.3 Å². The van der Waals surface area contributed by atoms with Gasteiger partial charge in [0.1, 0.15) is 0 Å². The van der Waals surface area contributed by atoms with Crippen LogP contribution in [0.1, 0.15) is 12.5 Å². The Morgan fingerprint density at radius 1 is 1.25 bits per heavy atom. The Morgan fingerprint density at radius 2 is 1.88 bits per heavy atom. The summed E-state index contributed by atoms with van der Waals surface area (Å²) in [4.78, 5) is 0.369. The minimum absolute atomic E-state index is 0.0497. The van der Waals surface area contributed by atoms with E-state index in [1.54, 1.807) is 12.1 Å². The Balaban J connectivity index is 2.36. The molecule has 0 radical (unpaired) electrons. The number of hydrogen-bond donors (Lipinski definition) is 0. The molecular formula is C12H15NO2S. The highest BCUT2D eigenvalue weighted by Crippen LogP contribution is 2.21. The van der Waals surface area contributed by atoms with Crippen LogP contribution in [-0.4, -0.2) is 25.3 Å². The highest BCUT2D eigenvalue weighted by molar-refractivity contribution is 7.89. The van der Waals surface area contributed by atoms with Crippen molar-refractivity contribution in [1.82, 2.24) is 4.31 Å². The number of rotatable bonds is 2. The van der Waals surface area contributed by atoms with Gasteiger partial charge < -0.3 is 0 Å². The van der Waals surface area contributed by atoms with E-state index in [4.69, 9.17) is 0 Å². The molecule has 86 valence electrons. The Bertz CT molecular complexity index is 502. The van der Waals surface area contributed by atoms with Gasteiger partial charge in [0.05, 0.1) is 4.90 Å². The van der Waals surface area contributed by atoms with Crippen LogP contribution >= 0.6 is 0 Å². The van der Waals surface area contributed by atoms with Gasteiger partial charge in [-0.1, -0.05) is 29.8 Å². The van der Waals surface area contributed by atoms with Crippen molar-refractivity contribution in [1.29, 1.82) is 0 Å². The number of nitrogens with zero attached hydrogens (tertiary/aromatic N) is 1. The molecule has 0 aromatic heterocycles. The summed E-state index contributed by atoms with van der Waals surface area (Å²) in [6, 6.07) is 6.92. The van der Waals surface area contributed by atoms with Gasteiger partial charge in [0.2, 0.25) is 10.0 Å². The zero-order valence-corrected chi connectivity index (χ0v) is 10.2. The van der Waals surface area contributed by atoms with Crippen molar-refractivity contribution in [3.05, 3.63) is 42.0 Å². The van der Waals surface area contributed by atoms with Crippen LogP contribution in [0.5, 0.6) is 0 Å². The monoisotopic (exact) mass is 237 g/mol. The summed E-state index contributed by atoms with van der Waals surface area (Å²) in [6.45, 7) is 4.29. The molecule has 1 aliphatic rings. The van der Waals surface area contributed by atoms with Crippen molar-refractivity contribution in [2.24, 2.45) is 0 Å². The minimum atomic E-state index is -3.33. The van der Waals surface area contributed by atoms with E-state index in [1.807, 2.05) is 38.1 Å². The molecule has 4 heteroatoms. The summed E-state index contributed by atoms with van der Waals surface area (Å²) in [5, 5.41) is 0. The van der Waals surface area contributed by atoms with Crippen LogP contribution in [0.2, 0.25) is 0 Å². The maximum atomic E-state index is 12.2. The van der Waals surface area contributed by atoms with E-state index in [9.17, 15) is 8.42 Å². The molecule has 0 fully saturated rings. The lowest BCUT2D eigenvalue weighted by Crippen LogP contribution is -2.34. The summed E-state index contributed by atoms with van der Waals surface area (Å²) in [7, 11) is -3.33. The zero-order chi connectivity index (χ0) is 11.8. The Labute approximate surface area is 96.4 Å². The molecule has 0 spiro atoms. The number of sulfonamides is 1. The van der Waals surface area contributed by atoms with Crippen LogP contribution in [0.4, 0.5) is 0 Å². The lowest BCUT2D eigenvalue weighted by molar-refractivity contribution is 0.428. The molecule has 2 rings (SSSR count). The van der Waals surface area contributed by atoms with Gasteiger partial charge in [-0.25, -0.2) is 8.42 Å². The molecule has 1 aliphatic heterocycles. The molecule has 0 saturated carbocycles. The molecule has 1 aromatic rings. The van der Waals surface area contributed by atoms with Gasteiger partial charge in [0, 0.05) is 12.6 Å². The summed E-state index contributed by atoms with van der Waals surface area (Å²) in [6.07, 6.45) is 3.79. The molecular weight excluding hydrogens is 222 g/mol. The quantitative estimate of drug-likeness (QED) is 0.737. The van der Waals surface area contributed by atoms with Crippen molar-refractivity contribution in [2.45, 2.75) is 24.8 Å². The first-order chi connectivity index (χ1) is 7.51. The topological polar surface area (TPSA) is 37.4 Å². The molecule has 0 bridgehead atoms. The zero-order valence-electron chi connectivity index (χ0n) is 9.42. The summed E-state index contributed by atoms with van der Waals surface area (Å²) in [5.74, 6) is 0. The molecule has 0 unspecified atom stereocenters. The molecule has 0 aliphatic carbocycles. The molecule has 16 heavy (non-hydrogen) atoms. The molecule has 1 aromatic carbocycles. The fraction of sp³-hybridized carbons (Fsp3) is 0.333. The van der Waals surface area contributed by atoms with Crippen LogP contribution in [0.25, 0.3) is 0 Å². The second-order valence-electron chi connectivity index (χ2n) is 4.06. The second-order valence-corrected chi connectivity index (χ2v) is 5.95. The Hall–Kier alpha value is -1.13. The number of hydrogen-bond acceptors (Lipinski definition) is 2. The first-order valence-electron chi connectivity index (χ1n) is 5.27. The predicted molar refractivity (Wildman–Crippen MR) is 63.7 cm³/mol. The molecule has 1 heterocycles. The van der Waals surface area contributed by atoms with Gasteiger partial charge in [0.25, 0.3) is 0 Å². The third kappa shape index (κ3) is 1.90. The minimum Gasteiger partial charge on any atom is -0.207 e. The highest BCUT2D eigenvalue weighted by atomic mass is 32.2. The smallest absolute Gasteiger partial charge is 0.207 e. The van der Waals surface area contributed by atoms with E-state index >= 15 is 0 Å². The van der Waals surface area contributed by atoms with E-state index in [2.05, 4.69) is 0 Å². The van der Waals surface area contributed by atoms with E-state index in [1.165, 1.54) is 4.31 Å². The van der Waals surface area contributed by atoms with Gasteiger partial charge in [-0.05, 0) is 26.0 Å². The van der Waals surface area contributed by atoms with E-state index < -0.39 is 10.0 Å². The van der Waals surface area contributed by atoms with Crippen LogP contribution in [-0.2, 0) is 10.0 Å². The predicted octanol–water partition coefficient (Wildman–Crippen LogP) is 1.94. The maximum Gasteiger partial charge on any atom is 0.243 e. The summed E-state index contributed by atoms with van der Waals surface area (Å²) >= 11 is 0. The number of aryl methyl sites for hydroxylation is 1. The fourth-order valence-electron chi connectivity index (χ4n) is 1.79. The van der Waals surface area contributed by atoms with Gasteiger partial charge in [0.15, 0.2) is 0 Å². The van der Waals surface area contributed by atoms with Crippen molar-refractivity contribution < 1.29 is 8.42 Å². The maximum absolute atomic E-state index is 12.2.